The van der Waals surface area contributed by atoms with Crippen molar-refractivity contribution in [3.05, 3.63) is 11.7 Å². The molecule has 0 spiro atoms. The molecule has 6 nitrogen and oxygen atoms in total. The number of aromatic nitrogens is 2. The minimum absolute atomic E-state index is 0. The predicted octanol–water partition coefficient (Wildman–Crippen LogP) is 1.34. The first-order chi connectivity index (χ1) is 9.22. The van der Waals surface area contributed by atoms with Crippen LogP contribution in [0.25, 0.3) is 0 Å². The Bertz CT molecular complexity index is 451. The summed E-state index contributed by atoms with van der Waals surface area (Å²) >= 11 is 0. The summed E-state index contributed by atoms with van der Waals surface area (Å²) in [4.78, 5) is 16.2. The van der Waals surface area contributed by atoms with Gasteiger partial charge in [-0.1, -0.05) is 18.0 Å². The van der Waals surface area contributed by atoms with Crippen molar-refractivity contribution in [1.29, 1.82) is 0 Å². The Morgan fingerprint density at radius 3 is 2.95 bits per heavy atom. The highest BCUT2D eigenvalue weighted by Gasteiger charge is 2.38. The molecule has 20 heavy (non-hydrogen) atoms. The third kappa shape index (κ3) is 3.30. The van der Waals surface area contributed by atoms with Gasteiger partial charge in [-0.15, -0.1) is 12.4 Å². The summed E-state index contributed by atoms with van der Waals surface area (Å²) in [5, 5.41) is 10.0. The highest BCUT2D eigenvalue weighted by atomic mass is 35.5. The molecule has 1 aliphatic carbocycles. The first-order valence-corrected chi connectivity index (χ1v) is 7.05. The van der Waals surface area contributed by atoms with Crippen molar-refractivity contribution >= 4 is 18.3 Å². The first kappa shape index (κ1) is 15.3. The molecule has 3 unspecified atom stereocenters. The number of amides is 1. The van der Waals surface area contributed by atoms with E-state index in [0.717, 1.165) is 6.42 Å². The lowest BCUT2D eigenvalue weighted by molar-refractivity contribution is -0.123. The van der Waals surface area contributed by atoms with Gasteiger partial charge in [0, 0.05) is 6.04 Å². The maximum absolute atomic E-state index is 12.1. The highest BCUT2D eigenvalue weighted by molar-refractivity contribution is 5.85. The number of nitrogens with zero attached hydrogens (tertiary/aromatic N) is 2. The Morgan fingerprint density at radius 1 is 1.45 bits per heavy atom. The van der Waals surface area contributed by atoms with Gasteiger partial charge in [-0.3, -0.25) is 4.79 Å². The van der Waals surface area contributed by atoms with Crippen LogP contribution in [0.3, 0.4) is 0 Å². The number of aryl methyl sites for hydroxylation is 1. The van der Waals surface area contributed by atoms with Crippen LogP contribution in [0, 0.1) is 12.8 Å². The lowest BCUT2D eigenvalue weighted by atomic mass is 9.85. The zero-order valence-electron chi connectivity index (χ0n) is 11.6. The zero-order valence-corrected chi connectivity index (χ0v) is 12.4. The Labute approximate surface area is 124 Å². The number of halogens is 1. The second-order valence-corrected chi connectivity index (χ2v) is 5.56. The molecule has 0 bridgehead atoms. The Balaban J connectivity index is 0.00000147. The van der Waals surface area contributed by atoms with E-state index in [1.165, 1.54) is 25.7 Å². The van der Waals surface area contributed by atoms with Gasteiger partial charge in [-0.2, -0.15) is 4.98 Å². The minimum atomic E-state index is -0.0582. The van der Waals surface area contributed by atoms with Crippen LogP contribution >= 0.6 is 12.4 Å². The van der Waals surface area contributed by atoms with Gasteiger partial charge in [0.2, 0.25) is 11.8 Å². The molecular formula is C13H21ClN4O2. The van der Waals surface area contributed by atoms with E-state index in [9.17, 15) is 4.79 Å². The maximum Gasteiger partial charge on any atom is 0.246 e. The van der Waals surface area contributed by atoms with Crippen molar-refractivity contribution in [2.75, 3.05) is 0 Å². The summed E-state index contributed by atoms with van der Waals surface area (Å²) in [5.41, 5.74) is 0. The van der Waals surface area contributed by atoms with Crippen molar-refractivity contribution in [3.63, 3.8) is 0 Å². The molecule has 2 N–H and O–H groups in total. The summed E-state index contributed by atoms with van der Waals surface area (Å²) in [7, 11) is 0. The largest absolute Gasteiger partial charge is 0.346 e. The van der Waals surface area contributed by atoms with Gasteiger partial charge in [0.15, 0.2) is 5.82 Å². The maximum atomic E-state index is 12.1. The summed E-state index contributed by atoms with van der Waals surface area (Å²) in [6, 6.07) is 0.479. The zero-order chi connectivity index (χ0) is 13.2. The van der Waals surface area contributed by atoms with Crippen LogP contribution < -0.4 is 10.6 Å². The molecule has 3 rings (SSSR count). The average molecular weight is 301 g/mol. The van der Waals surface area contributed by atoms with Crippen LogP contribution in [0.5, 0.6) is 0 Å². The Kier molecular flexibility index (Phi) is 4.99. The molecule has 112 valence electrons. The molecular weight excluding hydrogens is 280 g/mol. The number of hydrogen-bond donors (Lipinski definition) is 2. The van der Waals surface area contributed by atoms with E-state index in [2.05, 4.69) is 20.8 Å². The Hall–Kier alpha value is -1.14. The number of fused-ring (bicyclic) bond motifs is 1. The number of carbonyl (C=O) groups is 1. The van der Waals surface area contributed by atoms with E-state index in [1.807, 2.05) is 0 Å². The van der Waals surface area contributed by atoms with Crippen molar-refractivity contribution in [2.45, 2.75) is 57.7 Å². The number of hydrogen-bond acceptors (Lipinski definition) is 5. The van der Waals surface area contributed by atoms with Crippen LogP contribution in [-0.4, -0.2) is 28.1 Å². The van der Waals surface area contributed by atoms with Gasteiger partial charge in [0.25, 0.3) is 0 Å². The van der Waals surface area contributed by atoms with E-state index >= 15 is 0 Å². The van der Waals surface area contributed by atoms with Gasteiger partial charge in [0.05, 0.1) is 12.6 Å². The van der Waals surface area contributed by atoms with Crippen LogP contribution in [0.15, 0.2) is 4.52 Å². The molecule has 2 aliphatic rings. The fourth-order valence-electron chi connectivity index (χ4n) is 3.22. The van der Waals surface area contributed by atoms with E-state index in [-0.39, 0.29) is 24.4 Å². The summed E-state index contributed by atoms with van der Waals surface area (Å²) in [5.74, 6) is 1.77. The van der Waals surface area contributed by atoms with Crippen LogP contribution in [0.4, 0.5) is 0 Å². The molecule has 1 saturated heterocycles. The van der Waals surface area contributed by atoms with Gasteiger partial charge in [-0.25, -0.2) is 0 Å². The van der Waals surface area contributed by atoms with Crippen molar-refractivity contribution in [3.8, 4) is 0 Å². The number of rotatable bonds is 3. The lowest BCUT2D eigenvalue weighted by Gasteiger charge is -2.24. The predicted molar refractivity (Wildman–Crippen MR) is 75.4 cm³/mol. The number of carbonyl (C=O) groups excluding carboxylic acids is 1. The van der Waals surface area contributed by atoms with Crippen LogP contribution in [0.1, 0.15) is 43.8 Å². The van der Waals surface area contributed by atoms with Gasteiger partial charge in [0.1, 0.15) is 0 Å². The lowest BCUT2D eigenvalue weighted by Crippen LogP contribution is -2.42. The third-order valence-electron chi connectivity index (χ3n) is 4.16. The topological polar surface area (TPSA) is 80.0 Å². The standard InChI is InChI=1S/C13H20N4O2.ClH/c1-8-15-12(19-17-8)7-14-13(18)11-6-9-4-2-3-5-10(9)16-11;/h9-11,16H,2-7H2,1H3,(H,14,18);1H. The summed E-state index contributed by atoms with van der Waals surface area (Å²) in [6.07, 6.45) is 6.00. The van der Waals surface area contributed by atoms with E-state index in [0.29, 0.717) is 30.2 Å². The quantitative estimate of drug-likeness (QED) is 0.880. The van der Waals surface area contributed by atoms with Crippen LogP contribution in [-0.2, 0) is 11.3 Å². The fourth-order valence-corrected chi connectivity index (χ4v) is 3.22. The minimum Gasteiger partial charge on any atom is -0.346 e. The van der Waals surface area contributed by atoms with E-state index in [1.54, 1.807) is 6.92 Å². The van der Waals surface area contributed by atoms with Gasteiger partial charge < -0.3 is 15.2 Å². The number of nitrogens with one attached hydrogen (secondary N) is 2. The second-order valence-electron chi connectivity index (χ2n) is 5.56. The van der Waals surface area contributed by atoms with Crippen molar-refractivity contribution < 1.29 is 9.32 Å². The molecule has 1 aromatic rings. The van der Waals surface area contributed by atoms with Gasteiger partial charge >= 0.3 is 0 Å². The molecule has 1 amide bonds. The second kappa shape index (κ2) is 6.54. The third-order valence-corrected chi connectivity index (χ3v) is 4.16. The van der Waals surface area contributed by atoms with E-state index < -0.39 is 0 Å². The van der Waals surface area contributed by atoms with Crippen molar-refractivity contribution in [2.24, 2.45) is 5.92 Å². The first-order valence-electron chi connectivity index (χ1n) is 7.05. The smallest absolute Gasteiger partial charge is 0.246 e. The fraction of sp³-hybridized carbons (Fsp3) is 0.769. The molecule has 2 heterocycles. The summed E-state index contributed by atoms with van der Waals surface area (Å²) < 4.78 is 4.98. The highest BCUT2D eigenvalue weighted by Crippen LogP contribution is 2.33. The Morgan fingerprint density at radius 2 is 2.25 bits per heavy atom. The average Bonchev–Trinajstić information content (AvgIpc) is 3.01. The summed E-state index contributed by atoms with van der Waals surface area (Å²) in [6.45, 7) is 2.07. The van der Waals surface area contributed by atoms with Crippen molar-refractivity contribution in [1.82, 2.24) is 20.8 Å². The molecule has 1 aromatic heterocycles. The van der Waals surface area contributed by atoms with E-state index in [4.69, 9.17) is 4.52 Å². The molecule has 0 aromatic carbocycles. The molecule has 3 atom stereocenters. The monoisotopic (exact) mass is 300 g/mol. The molecule has 1 saturated carbocycles. The molecule has 0 radical (unpaired) electrons. The van der Waals surface area contributed by atoms with Gasteiger partial charge in [-0.05, 0) is 32.1 Å². The SMILES string of the molecule is Cc1noc(CNC(=O)C2CC3CCCCC3N2)n1.Cl. The molecule has 1 aliphatic heterocycles. The normalized spacial score (nSPS) is 28.6. The molecule has 2 fully saturated rings. The molecule has 7 heteroatoms. The van der Waals surface area contributed by atoms with Crippen LogP contribution in [0.2, 0.25) is 0 Å².